The van der Waals surface area contributed by atoms with Crippen molar-refractivity contribution in [2.45, 2.75) is 50.8 Å². The molecule has 2 N–H and O–H groups in total. The molecular formula is C19H23N3O5. The molecule has 8 nitrogen and oxygen atoms in total. The van der Waals surface area contributed by atoms with Crippen molar-refractivity contribution in [3.63, 3.8) is 0 Å². The number of benzene rings is 1. The lowest BCUT2D eigenvalue weighted by molar-refractivity contribution is -0.156. The van der Waals surface area contributed by atoms with Gasteiger partial charge in [-0.05, 0) is 25.3 Å². The molecule has 1 aromatic carbocycles. The van der Waals surface area contributed by atoms with Gasteiger partial charge >= 0.3 is 12.0 Å². The van der Waals surface area contributed by atoms with E-state index in [1.54, 1.807) is 0 Å². The maximum Gasteiger partial charge on any atom is 0.327 e. The van der Waals surface area contributed by atoms with Crippen molar-refractivity contribution in [2.75, 3.05) is 6.54 Å². The average molecular weight is 373 g/mol. The van der Waals surface area contributed by atoms with Crippen LogP contribution in [-0.2, 0) is 25.7 Å². The number of hydrogen-bond acceptors (Lipinski definition) is 5. The summed E-state index contributed by atoms with van der Waals surface area (Å²) >= 11 is 0. The fraction of sp³-hybridized carbons (Fsp3) is 0.474. The maximum atomic E-state index is 12.5. The third-order valence-electron chi connectivity index (χ3n) is 4.98. The van der Waals surface area contributed by atoms with Crippen LogP contribution in [0.2, 0.25) is 0 Å². The molecule has 3 rings (SSSR count). The molecular weight excluding hydrogens is 350 g/mol. The van der Waals surface area contributed by atoms with Crippen LogP contribution in [0.25, 0.3) is 0 Å². The number of nitrogens with one attached hydrogen (secondary N) is 2. The molecule has 0 aromatic heterocycles. The number of esters is 1. The summed E-state index contributed by atoms with van der Waals surface area (Å²) in [6.07, 6.45) is 1.87. The normalized spacial score (nSPS) is 19.1. The van der Waals surface area contributed by atoms with Gasteiger partial charge < -0.3 is 15.4 Å². The predicted molar refractivity (Wildman–Crippen MR) is 95.3 cm³/mol. The second-order valence-corrected chi connectivity index (χ2v) is 6.95. The summed E-state index contributed by atoms with van der Waals surface area (Å²) in [5, 5.41) is 5.38. The summed E-state index contributed by atoms with van der Waals surface area (Å²) in [6.45, 7) is 1.27. The third kappa shape index (κ3) is 4.10. The van der Waals surface area contributed by atoms with E-state index in [0.29, 0.717) is 19.4 Å². The van der Waals surface area contributed by atoms with Crippen LogP contribution in [0.5, 0.6) is 0 Å². The van der Waals surface area contributed by atoms with E-state index in [9.17, 15) is 19.2 Å². The zero-order chi connectivity index (χ0) is 19.4. The monoisotopic (exact) mass is 373 g/mol. The number of carbonyl (C=O) groups is 4. The lowest BCUT2D eigenvalue weighted by Crippen LogP contribution is -2.45. The van der Waals surface area contributed by atoms with Gasteiger partial charge in [0.2, 0.25) is 0 Å². The van der Waals surface area contributed by atoms with Gasteiger partial charge in [-0.1, -0.05) is 43.2 Å². The number of rotatable bonds is 6. The van der Waals surface area contributed by atoms with Crippen LogP contribution in [0.4, 0.5) is 4.79 Å². The lowest BCUT2D eigenvalue weighted by Gasteiger charge is -2.20. The smallest absolute Gasteiger partial charge is 0.327 e. The number of urea groups is 1. The zero-order valence-electron chi connectivity index (χ0n) is 15.2. The highest BCUT2D eigenvalue weighted by atomic mass is 16.5. The highest BCUT2D eigenvalue weighted by Crippen LogP contribution is 2.34. The first-order valence-corrected chi connectivity index (χ1v) is 9.06. The van der Waals surface area contributed by atoms with Crippen LogP contribution < -0.4 is 10.6 Å². The lowest BCUT2D eigenvalue weighted by atomic mass is 9.98. The van der Waals surface area contributed by atoms with E-state index < -0.39 is 36.1 Å². The van der Waals surface area contributed by atoms with Crippen LogP contribution in [0.3, 0.4) is 0 Å². The minimum absolute atomic E-state index is 0.317. The molecule has 8 heteroatoms. The van der Waals surface area contributed by atoms with E-state index in [0.717, 1.165) is 23.3 Å². The predicted octanol–water partition coefficient (Wildman–Crippen LogP) is 1.10. The Hall–Kier alpha value is -2.90. The summed E-state index contributed by atoms with van der Waals surface area (Å²) in [7, 11) is 0. The molecule has 1 saturated carbocycles. The Balaban J connectivity index is 1.49. The summed E-state index contributed by atoms with van der Waals surface area (Å²) < 4.78 is 5.09. The molecule has 2 fully saturated rings. The largest absolute Gasteiger partial charge is 0.451 e. The molecule has 1 atom stereocenters. The minimum atomic E-state index is -1.03. The van der Waals surface area contributed by atoms with Gasteiger partial charge in [0.25, 0.3) is 11.8 Å². The third-order valence-corrected chi connectivity index (χ3v) is 4.98. The molecule has 1 heterocycles. The van der Waals surface area contributed by atoms with Crippen molar-refractivity contribution < 1.29 is 23.9 Å². The summed E-state index contributed by atoms with van der Waals surface area (Å²) in [5.41, 5.74) is 0.0568. The molecule has 0 unspecified atom stereocenters. The molecule has 4 amide bonds. The Morgan fingerprint density at radius 2 is 1.89 bits per heavy atom. The van der Waals surface area contributed by atoms with Crippen LogP contribution in [0.15, 0.2) is 30.3 Å². The van der Waals surface area contributed by atoms with E-state index in [-0.39, 0.29) is 5.91 Å². The molecule has 1 aliphatic carbocycles. The van der Waals surface area contributed by atoms with Crippen molar-refractivity contribution in [1.82, 2.24) is 15.5 Å². The average Bonchev–Trinajstić information content (AvgIpc) is 3.21. The van der Waals surface area contributed by atoms with Crippen molar-refractivity contribution in [3.05, 3.63) is 35.9 Å². The van der Waals surface area contributed by atoms with Gasteiger partial charge in [0, 0.05) is 6.54 Å². The standard InChI is InChI=1S/C19H23N3O5/c1-13(16(24)20-11-14-7-3-2-4-8-14)27-15(23)12-22-17(25)19(21-18(22)26)9-5-6-10-19/h2-4,7-8,13H,5-6,9-12H2,1H3,(H,20,24)(H,21,26)/t13-/m1/s1. The fourth-order valence-corrected chi connectivity index (χ4v) is 3.48. The second kappa shape index (κ2) is 7.77. The van der Waals surface area contributed by atoms with Crippen LogP contribution in [0.1, 0.15) is 38.2 Å². The van der Waals surface area contributed by atoms with E-state index in [2.05, 4.69) is 10.6 Å². The first kappa shape index (κ1) is 18.9. The van der Waals surface area contributed by atoms with Crippen molar-refractivity contribution >= 4 is 23.8 Å². The molecule has 0 bridgehead atoms. The Morgan fingerprint density at radius 3 is 2.56 bits per heavy atom. The van der Waals surface area contributed by atoms with E-state index >= 15 is 0 Å². The quantitative estimate of drug-likeness (QED) is 0.574. The number of ether oxygens (including phenoxy) is 1. The Labute approximate surface area is 157 Å². The van der Waals surface area contributed by atoms with Crippen LogP contribution in [0, 0.1) is 0 Å². The highest BCUT2D eigenvalue weighted by Gasteiger charge is 2.52. The Morgan fingerprint density at radius 1 is 1.22 bits per heavy atom. The SMILES string of the molecule is C[C@@H](OC(=O)CN1C(=O)NC2(CCCC2)C1=O)C(=O)NCc1ccccc1. The molecule has 2 aliphatic rings. The van der Waals surface area contributed by atoms with E-state index in [4.69, 9.17) is 4.74 Å². The number of amides is 4. The van der Waals surface area contributed by atoms with Gasteiger partial charge in [0.05, 0.1) is 0 Å². The molecule has 27 heavy (non-hydrogen) atoms. The molecule has 1 spiro atoms. The Kier molecular flexibility index (Phi) is 5.43. The van der Waals surface area contributed by atoms with Crippen LogP contribution in [-0.4, -0.2) is 46.9 Å². The van der Waals surface area contributed by atoms with Gasteiger partial charge in [-0.2, -0.15) is 0 Å². The topological polar surface area (TPSA) is 105 Å². The second-order valence-electron chi connectivity index (χ2n) is 6.95. The zero-order valence-corrected chi connectivity index (χ0v) is 15.2. The first-order valence-electron chi connectivity index (χ1n) is 9.06. The number of nitrogens with zero attached hydrogens (tertiary/aromatic N) is 1. The molecule has 1 aliphatic heterocycles. The molecule has 0 radical (unpaired) electrons. The highest BCUT2D eigenvalue weighted by molar-refractivity contribution is 6.08. The van der Waals surface area contributed by atoms with Gasteiger partial charge in [0.1, 0.15) is 12.1 Å². The van der Waals surface area contributed by atoms with E-state index in [1.807, 2.05) is 30.3 Å². The summed E-state index contributed by atoms with van der Waals surface area (Å²) in [4.78, 5) is 49.6. The fourth-order valence-electron chi connectivity index (χ4n) is 3.48. The maximum absolute atomic E-state index is 12.5. The van der Waals surface area contributed by atoms with Crippen molar-refractivity contribution in [2.24, 2.45) is 0 Å². The number of hydrogen-bond donors (Lipinski definition) is 2. The van der Waals surface area contributed by atoms with Gasteiger partial charge in [-0.25, -0.2) is 4.79 Å². The van der Waals surface area contributed by atoms with Crippen molar-refractivity contribution in [1.29, 1.82) is 0 Å². The van der Waals surface area contributed by atoms with Gasteiger partial charge in [0.15, 0.2) is 6.10 Å². The van der Waals surface area contributed by atoms with Gasteiger partial charge in [-0.15, -0.1) is 0 Å². The van der Waals surface area contributed by atoms with Crippen molar-refractivity contribution in [3.8, 4) is 0 Å². The Bertz CT molecular complexity index is 743. The van der Waals surface area contributed by atoms with Crippen LogP contribution >= 0.6 is 0 Å². The number of imide groups is 1. The molecule has 1 aromatic rings. The number of carbonyl (C=O) groups excluding carboxylic acids is 4. The first-order chi connectivity index (χ1) is 12.9. The summed E-state index contributed by atoms with van der Waals surface area (Å²) in [5.74, 6) is -1.63. The van der Waals surface area contributed by atoms with Gasteiger partial charge in [-0.3, -0.25) is 19.3 Å². The minimum Gasteiger partial charge on any atom is -0.451 e. The molecule has 1 saturated heterocycles. The van der Waals surface area contributed by atoms with E-state index in [1.165, 1.54) is 6.92 Å². The molecule has 144 valence electrons. The summed E-state index contributed by atoms with van der Waals surface area (Å²) in [6, 6.07) is 8.75.